The lowest BCUT2D eigenvalue weighted by Gasteiger charge is -2.22. The van der Waals surface area contributed by atoms with Crippen molar-refractivity contribution in [2.24, 2.45) is 0 Å². The monoisotopic (exact) mass is 204 g/mol. The van der Waals surface area contributed by atoms with Gasteiger partial charge >= 0.3 is 0 Å². The molecule has 4 heteroatoms. The third kappa shape index (κ3) is 4.91. The zero-order valence-electron chi connectivity index (χ0n) is 8.78. The van der Waals surface area contributed by atoms with Gasteiger partial charge in [-0.15, -0.1) is 0 Å². The Labute approximate surface area is 85.2 Å². The van der Waals surface area contributed by atoms with Gasteiger partial charge in [0, 0.05) is 13.7 Å². The Kier molecular flexibility index (Phi) is 6.10. The SMILES string of the molecule is COCC(O)COCC1CCCCO1. The first-order chi connectivity index (χ1) is 6.83. The van der Waals surface area contributed by atoms with Gasteiger partial charge in [-0.25, -0.2) is 0 Å². The van der Waals surface area contributed by atoms with Gasteiger partial charge in [0.15, 0.2) is 0 Å². The summed E-state index contributed by atoms with van der Waals surface area (Å²) in [5.74, 6) is 0. The van der Waals surface area contributed by atoms with Crippen molar-refractivity contribution in [3.05, 3.63) is 0 Å². The number of aliphatic hydroxyl groups is 1. The standard InChI is InChI=1S/C10H20O4/c1-12-6-9(11)7-13-8-10-4-2-3-5-14-10/h9-11H,2-8H2,1H3. The molecule has 1 aliphatic heterocycles. The molecule has 0 aliphatic carbocycles. The molecule has 84 valence electrons. The molecule has 14 heavy (non-hydrogen) atoms. The Morgan fingerprint density at radius 3 is 2.93 bits per heavy atom. The highest BCUT2D eigenvalue weighted by molar-refractivity contribution is 4.63. The zero-order chi connectivity index (χ0) is 10.2. The molecule has 0 amide bonds. The number of hydrogen-bond acceptors (Lipinski definition) is 4. The number of rotatable bonds is 6. The topological polar surface area (TPSA) is 47.9 Å². The molecule has 4 nitrogen and oxygen atoms in total. The van der Waals surface area contributed by atoms with E-state index in [1.807, 2.05) is 0 Å². The normalized spacial score (nSPS) is 24.9. The molecule has 0 aromatic heterocycles. The summed E-state index contributed by atoms with van der Waals surface area (Å²) < 4.78 is 15.6. The van der Waals surface area contributed by atoms with Crippen LogP contribution in [0.1, 0.15) is 19.3 Å². The minimum absolute atomic E-state index is 0.221. The molecule has 2 unspecified atom stereocenters. The third-order valence-electron chi connectivity index (χ3n) is 2.25. The highest BCUT2D eigenvalue weighted by atomic mass is 16.5. The first-order valence-corrected chi connectivity index (χ1v) is 5.19. The van der Waals surface area contributed by atoms with Crippen LogP contribution in [0.2, 0.25) is 0 Å². The van der Waals surface area contributed by atoms with Crippen LogP contribution < -0.4 is 0 Å². The van der Waals surface area contributed by atoms with Crippen molar-refractivity contribution < 1.29 is 19.3 Å². The van der Waals surface area contributed by atoms with Crippen LogP contribution in [0.5, 0.6) is 0 Å². The Morgan fingerprint density at radius 1 is 1.43 bits per heavy atom. The Hall–Kier alpha value is -0.160. The van der Waals surface area contributed by atoms with Gasteiger partial charge in [-0.3, -0.25) is 0 Å². The molecule has 1 saturated heterocycles. The maximum absolute atomic E-state index is 9.29. The number of aliphatic hydroxyl groups excluding tert-OH is 1. The van der Waals surface area contributed by atoms with E-state index >= 15 is 0 Å². The highest BCUT2D eigenvalue weighted by Crippen LogP contribution is 2.12. The second-order valence-corrected chi connectivity index (χ2v) is 3.64. The van der Waals surface area contributed by atoms with Crippen molar-refractivity contribution >= 4 is 0 Å². The van der Waals surface area contributed by atoms with E-state index in [0.717, 1.165) is 19.4 Å². The van der Waals surface area contributed by atoms with Crippen molar-refractivity contribution in [3.63, 3.8) is 0 Å². The van der Waals surface area contributed by atoms with Crippen molar-refractivity contribution in [1.29, 1.82) is 0 Å². The maximum Gasteiger partial charge on any atom is 0.101 e. The van der Waals surface area contributed by atoms with E-state index in [4.69, 9.17) is 14.2 Å². The molecule has 0 aromatic rings. The van der Waals surface area contributed by atoms with E-state index in [9.17, 15) is 5.11 Å². The smallest absolute Gasteiger partial charge is 0.101 e. The number of methoxy groups -OCH3 is 1. The van der Waals surface area contributed by atoms with Crippen LogP contribution in [0.4, 0.5) is 0 Å². The summed E-state index contributed by atoms with van der Waals surface area (Å²) >= 11 is 0. The van der Waals surface area contributed by atoms with Crippen LogP contribution in [0, 0.1) is 0 Å². The Balaban J connectivity index is 1.96. The van der Waals surface area contributed by atoms with Crippen LogP contribution in [0.3, 0.4) is 0 Å². The molecule has 1 rings (SSSR count). The second-order valence-electron chi connectivity index (χ2n) is 3.64. The molecule has 0 bridgehead atoms. The van der Waals surface area contributed by atoms with Crippen LogP contribution in [0.15, 0.2) is 0 Å². The number of hydrogen-bond donors (Lipinski definition) is 1. The molecule has 1 N–H and O–H groups in total. The third-order valence-corrected chi connectivity index (χ3v) is 2.25. The van der Waals surface area contributed by atoms with Crippen molar-refractivity contribution in [2.75, 3.05) is 33.5 Å². The summed E-state index contributed by atoms with van der Waals surface area (Å²) in [4.78, 5) is 0. The summed E-state index contributed by atoms with van der Waals surface area (Å²) in [6.07, 6.45) is 3.14. The van der Waals surface area contributed by atoms with Crippen LogP contribution >= 0.6 is 0 Å². The van der Waals surface area contributed by atoms with Gasteiger partial charge in [0.05, 0.1) is 25.9 Å². The van der Waals surface area contributed by atoms with Gasteiger partial charge in [-0.05, 0) is 19.3 Å². The van der Waals surface area contributed by atoms with Gasteiger partial charge in [0.25, 0.3) is 0 Å². The van der Waals surface area contributed by atoms with Gasteiger partial charge in [0.2, 0.25) is 0 Å². The van der Waals surface area contributed by atoms with E-state index in [1.165, 1.54) is 6.42 Å². The lowest BCUT2D eigenvalue weighted by Crippen LogP contribution is -2.28. The Morgan fingerprint density at radius 2 is 2.29 bits per heavy atom. The molecule has 0 saturated carbocycles. The summed E-state index contributed by atoms with van der Waals surface area (Å²) in [7, 11) is 1.56. The van der Waals surface area contributed by atoms with Crippen LogP contribution in [0.25, 0.3) is 0 Å². The average molecular weight is 204 g/mol. The van der Waals surface area contributed by atoms with Gasteiger partial charge < -0.3 is 19.3 Å². The van der Waals surface area contributed by atoms with Crippen LogP contribution in [-0.4, -0.2) is 50.9 Å². The molecule has 1 heterocycles. The number of ether oxygens (including phenoxy) is 3. The molecule has 1 aliphatic rings. The quantitative estimate of drug-likeness (QED) is 0.687. The minimum Gasteiger partial charge on any atom is -0.388 e. The average Bonchev–Trinajstić information content (AvgIpc) is 2.20. The lowest BCUT2D eigenvalue weighted by molar-refractivity contribution is -0.0659. The lowest BCUT2D eigenvalue weighted by atomic mass is 10.1. The van der Waals surface area contributed by atoms with E-state index in [0.29, 0.717) is 19.8 Å². The summed E-state index contributed by atoms with van der Waals surface area (Å²) in [5.41, 5.74) is 0. The van der Waals surface area contributed by atoms with Crippen LogP contribution in [-0.2, 0) is 14.2 Å². The largest absolute Gasteiger partial charge is 0.388 e. The minimum atomic E-state index is -0.524. The van der Waals surface area contributed by atoms with Crippen molar-refractivity contribution in [1.82, 2.24) is 0 Å². The van der Waals surface area contributed by atoms with E-state index in [1.54, 1.807) is 7.11 Å². The maximum atomic E-state index is 9.29. The molecular formula is C10H20O4. The molecule has 1 fully saturated rings. The first kappa shape index (κ1) is 11.9. The van der Waals surface area contributed by atoms with E-state index in [2.05, 4.69) is 0 Å². The fraction of sp³-hybridized carbons (Fsp3) is 1.00. The van der Waals surface area contributed by atoms with Crippen molar-refractivity contribution in [3.8, 4) is 0 Å². The fourth-order valence-corrected chi connectivity index (χ4v) is 1.51. The zero-order valence-corrected chi connectivity index (χ0v) is 8.78. The molecule has 0 aromatic carbocycles. The van der Waals surface area contributed by atoms with E-state index in [-0.39, 0.29) is 6.10 Å². The van der Waals surface area contributed by atoms with Crippen molar-refractivity contribution in [2.45, 2.75) is 31.5 Å². The van der Waals surface area contributed by atoms with Gasteiger partial charge in [0.1, 0.15) is 6.10 Å². The first-order valence-electron chi connectivity index (χ1n) is 5.19. The predicted octanol–water partition coefficient (Wildman–Crippen LogP) is 0.579. The fourth-order valence-electron chi connectivity index (χ4n) is 1.51. The highest BCUT2D eigenvalue weighted by Gasteiger charge is 2.14. The summed E-state index contributed by atoms with van der Waals surface area (Å²) in [5, 5.41) is 9.29. The Bertz CT molecular complexity index is 134. The second kappa shape index (κ2) is 7.17. The molecule has 0 spiro atoms. The molecular weight excluding hydrogens is 184 g/mol. The molecule has 0 radical (unpaired) electrons. The predicted molar refractivity (Wildman–Crippen MR) is 52.3 cm³/mol. The summed E-state index contributed by atoms with van der Waals surface area (Å²) in [6, 6.07) is 0. The van der Waals surface area contributed by atoms with Gasteiger partial charge in [-0.2, -0.15) is 0 Å². The summed E-state index contributed by atoms with van der Waals surface area (Å²) in [6.45, 7) is 2.08. The van der Waals surface area contributed by atoms with Gasteiger partial charge in [-0.1, -0.05) is 0 Å². The van der Waals surface area contributed by atoms with E-state index < -0.39 is 6.10 Å². The molecule has 2 atom stereocenters.